The van der Waals surface area contributed by atoms with E-state index >= 15 is 0 Å². The Morgan fingerprint density at radius 2 is 1.87 bits per heavy atom. The van der Waals surface area contributed by atoms with Crippen LogP contribution in [-0.4, -0.2) is 54.6 Å². The van der Waals surface area contributed by atoms with Crippen molar-refractivity contribution in [3.8, 4) is 0 Å². The number of carbonyl (C=O) groups is 2. The van der Waals surface area contributed by atoms with Gasteiger partial charge in [0.15, 0.2) is 11.4 Å². The van der Waals surface area contributed by atoms with Crippen LogP contribution in [0.25, 0.3) is 6.08 Å². The molecule has 30 heavy (non-hydrogen) atoms. The number of aliphatic carboxylic acids is 1. The largest absolute Gasteiger partial charge is 0.480 e. The molecule has 0 bridgehead atoms. The summed E-state index contributed by atoms with van der Waals surface area (Å²) in [6.07, 6.45) is 7.81. The van der Waals surface area contributed by atoms with E-state index in [9.17, 15) is 9.59 Å². The second-order valence-electron chi connectivity index (χ2n) is 7.20. The minimum atomic E-state index is -1.16. The van der Waals surface area contributed by atoms with Crippen LogP contribution in [0.1, 0.15) is 24.5 Å². The molecule has 1 aliphatic heterocycles. The Morgan fingerprint density at radius 3 is 2.53 bits per heavy atom. The predicted octanol–water partition coefficient (Wildman–Crippen LogP) is 2.48. The van der Waals surface area contributed by atoms with Crippen LogP contribution in [0, 0.1) is 0 Å². The van der Waals surface area contributed by atoms with Crippen molar-refractivity contribution in [3.05, 3.63) is 66.0 Å². The van der Waals surface area contributed by atoms with E-state index in [1.807, 2.05) is 48.8 Å². The highest BCUT2D eigenvalue weighted by Crippen LogP contribution is 2.37. The quantitative estimate of drug-likeness (QED) is 0.784. The lowest BCUT2D eigenvalue weighted by atomic mass is 9.80. The molecular formula is C23H27N3O4. The van der Waals surface area contributed by atoms with Gasteiger partial charge >= 0.3 is 5.97 Å². The first-order chi connectivity index (χ1) is 14.5. The van der Waals surface area contributed by atoms with Gasteiger partial charge in [-0.1, -0.05) is 36.4 Å². The molecule has 2 heterocycles. The zero-order chi connectivity index (χ0) is 21.4. The van der Waals surface area contributed by atoms with Gasteiger partial charge in [0, 0.05) is 50.7 Å². The molecule has 1 saturated heterocycles. The topological polar surface area (TPSA) is 91.8 Å². The smallest absolute Gasteiger partial charge is 0.329 e. The Morgan fingerprint density at radius 1 is 1.17 bits per heavy atom. The number of carboxylic acids is 1. The van der Waals surface area contributed by atoms with E-state index in [4.69, 9.17) is 9.84 Å². The van der Waals surface area contributed by atoms with Crippen LogP contribution < -0.4 is 10.2 Å². The van der Waals surface area contributed by atoms with Crippen molar-refractivity contribution < 1.29 is 19.4 Å². The summed E-state index contributed by atoms with van der Waals surface area (Å²) in [7, 11) is 0. The first-order valence-corrected chi connectivity index (χ1v) is 10.0. The highest BCUT2D eigenvalue weighted by molar-refractivity contribution is 5.89. The van der Waals surface area contributed by atoms with E-state index < -0.39 is 18.2 Å². The van der Waals surface area contributed by atoms with Crippen LogP contribution in [0.5, 0.6) is 0 Å². The molecule has 7 heteroatoms. The number of aromatic nitrogens is 1. The first kappa shape index (κ1) is 21.7. The number of ether oxygens (including phenoxy) is 1. The highest BCUT2D eigenvalue weighted by Gasteiger charge is 2.40. The second kappa shape index (κ2) is 10.1. The Balaban J connectivity index is 0.000000184. The van der Waals surface area contributed by atoms with E-state index in [1.165, 1.54) is 12.6 Å². The summed E-state index contributed by atoms with van der Waals surface area (Å²) < 4.78 is 5.42. The van der Waals surface area contributed by atoms with Crippen molar-refractivity contribution in [3.63, 3.8) is 0 Å². The van der Waals surface area contributed by atoms with Crippen LogP contribution in [0.4, 0.5) is 5.69 Å². The normalized spacial score (nSPS) is 20.0. The number of ketones is 1. The van der Waals surface area contributed by atoms with Crippen molar-refractivity contribution in [2.75, 3.05) is 37.7 Å². The summed E-state index contributed by atoms with van der Waals surface area (Å²) >= 11 is 0. The Bertz CT molecular complexity index is 894. The molecule has 1 aromatic heterocycles. The molecule has 2 N–H and O–H groups in total. The van der Waals surface area contributed by atoms with Gasteiger partial charge in [-0.25, -0.2) is 4.79 Å². The monoisotopic (exact) mass is 409 g/mol. The number of hydrogen-bond acceptors (Lipinski definition) is 6. The average molecular weight is 409 g/mol. The number of Topliss-reactive ketones (excluding diaryl/α,β-unsaturated/α-hetero) is 1. The molecule has 0 amide bonds. The first-order valence-electron chi connectivity index (χ1n) is 10.0. The molecule has 2 aromatic rings. The van der Waals surface area contributed by atoms with Gasteiger partial charge in [0.05, 0.1) is 0 Å². The van der Waals surface area contributed by atoms with Crippen molar-refractivity contribution in [1.82, 2.24) is 10.3 Å². The number of carboxylic acid groups (broad SMARTS) is 1. The summed E-state index contributed by atoms with van der Waals surface area (Å²) in [5.74, 6) is -1.26. The number of rotatable bonds is 5. The van der Waals surface area contributed by atoms with E-state index in [-0.39, 0.29) is 5.78 Å². The van der Waals surface area contributed by atoms with Crippen molar-refractivity contribution in [2.45, 2.75) is 18.9 Å². The highest BCUT2D eigenvalue weighted by atomic mass is 16.5. The number of benzene rings is 1. The number of carbonyl (C=O) groups excluding carboxylic acids is 1. The average Bonchev–Trinajstić information content (AvgIpc) is 2.79. The minimum Gasteiger partial charge on any atom is -0.480 e. The van der Waals surface area contributed by atoms with Crippen LogP contribution in [-0.2, 0) is 19.9 Å². The maximum Gasteiger partial charge on any atom is 0.329 e. The van der Waals surface area contributed by atoms with Crippen molar-refractivity contribution in [1.29, 1.82) is 0 Å². The fourth-order valence-electron chi connectivity index (χ4n) is 3.71. The van der Waals surface area contributed by atoms with E-state index in [0.717, 1.165) is 37.3 Å². The molecule has 158 valence electrons. The molecule has 1 aliphatic carbocycles. The third kappa shape index (κ3) is 5.11. The second-order valence-corrected chi connectivity index (χ2v) is 7.20. The molecule has 1 fully saturated rings. The lowest BCUT2D eigenvalue weighted by Crippen LogP contribution is -2.43. The van der Waals surface area contributed by atoms with Gasteiger partial charge in [-0.3, -0.25) is 9.78 Å². The SMILES string of the molecule is CC(=O)C1(OCC(=O)O)CC=Cc2ccccc21.c1cc(N2CCNCC2)ccn1. The van der Waals surface area contributed by atoms with E-state index in [0.29, 0.717) is 6.42 Å². The molecule has 7 nitrogen and oxygen atoms in total. The maximum atomic E-state index is 11.9. The number of hydrogen-bond donors (Lipinski definition) is 2. The molecule has 4 rings (SSSR count). The van der Waals surface area contributed by atoms with Gasteiger partial charge in [0.2, 0.25) is 0 Å². The Labute approximate surface area is 176 Å². The summed E-state index contributed by atoms with van der Waals surface area (Å²) in [5, 5.41) is 12.1. The fraction of sp³-hybridized carbons (Fsp3) is 0.348. The fourth-order valence-corrected chi connectivity index (χ4v) is 3.71. The number of fused-ring (bicyclic) bond motifs is 1. The number of pyridine rings is 1. The minimum absolute atomic E-state index is 0.180. The number of nitrogens with zero attached hydrogens (tertiary/aromatic N) is 2. The zero-order valence-electron chi connectivity index (χ0n) is 17.1. The molecule has 1 unspecified atom stereocenters. The zero-order valence-corrected chi connectivity index (χ0v) is 17.1. The van der Waals surface area contributed by atoms with Crippen LogP contribution in [0.15, 0.2) is 54.9 Å². The molecular weight excluding hydrogens is 382 g/mol. The Hall–Kier alpha value is -3.03. The van der Waals surface area contributed by atoms with Crippen LogP contribution in [0.2, 0.25) is 0 Å². The molecule has 0 saturated carbocycles. The van der Waals surface area contributed by atoms with Gasteiger partial charge in [0.1, 0.15) is 6.61 Å². The van der Waals surface area contributed by atoms with Gasteiger partial charge < -0.3 is 20.1 Å². The van der Waals surface area contributed by atoms with Gasteiger partial charge in [0.25, 0.3) is 0 Å². The molecule has 1 aromatic carbocycles. The summed E-state index contributed by atoms with van der Waals surface area (Å²) in [6.45, 7) is 5.32. The third-order valence-electron chi connectivity index (χ3n) is 5.25. The van der Waals surface area contributed by atoms with Crippen LogP contribution in [0.3, 0.4) is 0 Å². The molecule has 2 aliphatic rings. The number of anilines is 1. The van der Waals surface area contributed by atoms with Crippen LogP contribution >= 0.6 is 0 Å². The molecule has 1 atom stereocenters. The lowest BCUT2D eigenvalue weighted by molar-refractivity contribution is -0.157. The third-order valence-corrected chi connectivity index (χ3v) is 5.25. The van der Waals surface area contributed by atoms with Gasteiger partial charge in [-0.15, -0.1) is 0 Å². The predicted molar refractivity (Wildman–Crippen MR) is 115 cm³/mol. The lowest BCUT2D eigenvalue weighted by Gasteiger charge is -2.34. The van der Waals surface area contributed by atoms with E-state index in [1.54, 1.807) is 0 Å². The van der Waals surface area contributed by atoms with Crippen molar-refractivity contribution in [2.24, 2.45) is 0 Å². The van der Waals surface area contributed by atoms with Crippen molar-refractivity contribution >= 4 is 23.5 Å². The summed E-state index contributed by atoms with van der Waals surface area (Å²) in [4.78, 5) is 29.0. The van der Waals surface area contributed by atoms with E-state index in [2.05, 4.69) is 27.3 Å². The molecule has 0 radical (unpaired) electrons. The standard InChI is InChI=1S/C14H14O4.C9H13N3/c1-10(15)14(18-9-13(16)17)8-4-6-11-5-2-3-7-12(11)14;1-3-10-4-2-9(1)12-7-5-11-6-8-12/h2-7H,8-9H2,1H3,(H,16,17);1-4,11H,5-8H2. The Kier molecular flexibility index (Phi) is 7.32. The summed E-state index contributed by atoms with van der Waals surface area (Å²) in [6, 6.07) is 11.5. The van der Waals surface area contributed by atoms with Gasteiger partial charge in [-0.05, 0) is 30.2 Å². The maximum absolute atomic E-state index is 11.9. The number of piperazine rings is 1. The number of nitrogens with one attached hydrogen (secondary N) is 1. The molecule has 0 spiro atoms. The van der Waals surface area contributed by atoms with Gasteiger partial charge in [-0.2, -0.15) is 0 Å². The summed E-state index contributed by atoms with van der Waals surface area (Å²) in [5.41, 5.74) is 1.75.